The quantitative estimate of drug-likeness (QED) is 0.577. The number of nitrogen functional groups attached to an aromatic ring is 1. The van der Waals surface area contributed by atoms with Gasteiger partial charge in [0.1, 0.15) is 5.82 Å². The normalized spacial score (nSPS) is 15.3. The maximum absolute atomic E-state index is 12.8. The van der Waals surface area contributed by atoms with Gasteiger partial charge in [0.05, 0.1) is 16.8 Å². The zero-order chi connectivity index (χ0) is 24.0. The van der Waals surface area contributed by atoms with Crippen LogP contribution in [0.3, 0.4) is 0 Å². The molecule has 172 valence electrons. The van der Waals surface area contributed by atoms with Gasteiger partial charge in [0.25, 0.3) is 23.3 Å². The molecule has 2 aliphatic rings. The third-order valence-corrected chi connectivity index (χ3v) is 6.29. The zero-order valence-electron chi connectivity index (χ0n) is 18.6. The Balaban J connectivity index is 1.32. The largest absolute Gasteiger partial charge is 0.384 e. The van der Waals surface area contributed by atoms with E-state index in [0.29, 0.717) is 37.4 Å². The lowest BCUT2D eigenvalue weighted by atomic mass is 10.1. The number of imide groups is 1. The number of carbonyl (C=O) groups is 3. The van der Waals surface area contributed by atoms with E-state index in [1.807, 2.05) is 48.2 Å². The lowest BCUT2D eigenvalue weighted by Gasteiger charge is -2.36. The number of nitrogens with one attached hydrogen (secondary N) is 1. The molecule has 3 amide bonds. The first-order valence-electron chi connectivity index (χ1n) is 11.0. The van der Waals surface area contributed by atoms with Gasteiger partial charge in [-0.25, -0.2) is 0 Å². The number of fused-ring (bicyclic) bond motifs is 1. The molecule has 0 atom stereocenters. The number of hydrogen-bond acceptors (Lipinski definition) is 6. The maximum atomic E-state index is 12.8. The third-order valence-electron chi connectivity index (χ3n) is 6.29. The van der Waals surface area contributed by atoms with Crippen molar-refractivity contribution in [2.45, 2.75) is 6.92 Å². The molecule has 1 fully saturated rings. The molecular formula is C25H23N5O4. The molecule has 0 saturated carbocycles. The molecule has 0 unspecified atom stereocenters. The molecule has 9 nitrogen and oxygen atoms in total. The summed E-state index contributed by atoms with van der Waals surface area (Å²) in [6.45, 7) is 4.56. The van der Waals surface area contributed by atoms with Crippen molar-refractivity contribution in [3.05, 3.63) is 87.2 Å². The molecule has 0 spiro atoms. The van der Waals surface area contributed by atoms with Crippen molar-refractivity contribution in [1.29, 1.82) is 0 Å². The van der Waals surface area contributed by atoms with Gasteiger partial charge in [-0.05, 0) is 43.3 Å². The number of carbonyl (C=O) groups excluding carboxylic acids is 3. The summed E-state index contributed by atoms with van der Waals surface area (Å²) in [5.74, 6) is -1.27. The average molecular weight is 457 g/mol. The number of pyridine rings is 1. The molecule has 2 aromatic carbocycles. The minimum atomic E-state index is -0.619. The van der Waals surface area contributed by atoms with Crippen LogP contribution in [0.2, 0.25) is 0 Å². The lowest BCUT2D eigenvalue weighted by molar-refractivity contribution is 0.0746. The number of aromatic nitrogens is 1. The Kier molecular flexibility index (Phi) is 5.16. The minimum Gasteiger partial charge on any atom is -0.384 e. The number of nitrogens with two attached hydrogens (primary N) is 1. The third kappa shape index (κ3) is 3.61. The van der Waals surface area contributed by atoms with Gasteiger partial charge in [0, 0.05) is 43.5 Å². The molecule has 34 heavy (non-hydrogen) atoms. The van der Waals surface area contributed by atoms with Crippen LogP contribution < -0.4 is 21.5 Å². The highest BCUT2D eigenvalue weighted by molar-refractivity contribution is 6.23. The molecule has 1 aromatic heterocycles. The summed E-state index contributed by atoms with van der Waals surface area (Å²) in [6.07, 6.45) is 0. The maximum Gasteiger partial charge on any atom is 0.262 e. The smallest absolute Gasteiger partial charge is 0.262 e. The van der Waals surface area contributed by atoms with Crippen LogP contribution >= 0.6 is 0 Å². The second-order valence-corrected chi connectivity index (χ2v) is 8.44. The van der Waals surface area contributed by atoms with Crippen LogP contribution in [0.4, 0.5) is 11.5 Å². The number of anilines is 2. The Labute approximate surface area is 195 Å². The van der Waals surface area contributed by atoms with Crippen molar-refractivity contribution in [3.63, 3.8) is 0 Å². The minimum absolute atomic E-state index is 0.00146. The number of nitrogens with zero attached hydrogens (tertiary/aromatic N) is 3. The van der Waals surface area contributed by atoms with Crippen LogP contribution in [0, 0.1) is 6.92 Å². The fourth-order valence-corrected chi connectivity index (χ4v) is 4.40. The van der Waals surface area contributed by atoms with Crippen molar-refractivity contribution < 1.29 is 14.4 Å². The van der Waals surface area contributed by atoms with Crippen molar-refractivity contribution in [2.24, 2.45) is 0 Å². The first kappa shape index (κ1) is 21.4. The molecule has 3 aromatic rings. The fourth-order valence-electron chi connectivity index (χ4n) is 4.40. The topological polar surface area (TPSA) is 118 Å². The predicted molar refractivity (Wildman–Crippen MR) is 128 cm³/mol. The molecule has 2 aliphatic heterocycles. The van der Waals surface area contributed by atoms with Crippen molar-refractivity contribution in [3.8, 4) is 5.69 Å². The number of aryl methyl sites for hydroxylation is 1. The molecular weight excluding hydrogens is 434 g/mol. The Morgan fingerprint density at radius 1 is 0.853 bits per heavy atom. The summed E-state index contributed by atoms with van der Waals surface area (Å²) < 4.78 is 1.22. The highest BCUT2D eigenvalue weighted by Gasteiger charge is 2.32. The monoisotopic (exact) mass is 457 g/mol. The van der Waals surface area contributed by atoms with Gasteiger partial charge in [-0.1, -0.05) is 17.7 Å². The average Bonchev–Trinajstić information content (AvgIpc) is 3.12. The second-order valence-electron chi connectivity index (χ2n) is 8.44. The molecule has 5 rings (SSSR count). The van der Waals surface area contributed by atoms with E-state index >= 15 is 0 Å². The highest BCUT2D eigenvalue weighted by atomic mass is 16.2. The van der Waals surface area contributed by atoms with Crippen LogP contribution in [-0.2, 0) is 0 Å². The predicted octanol–water partition coefficient (Wildman–Crippen LogP) is 1.57. The number of benzene rings is 2. The first-order valence-corrected chi connectivity index (χ1v) is 11.0. The van der Waals surface area contributed by atoms with Crippen LogP contribution in [0.25, 0.3) is 5.69 Å². The van der Waals surface area contributed by atoms with Gasteiger partial charge in [0.15, 0.2) is 0 Å². The van der Waals surface area contributed by atoms with Gasteiger partial charge in [-0.3, -0.25) is 29.1 Å². The zero-order valence-corrected chi connectivity index (χ0v) is 18.6. The van der Waals surface area contributed by atoms with E-state index in [4.69, 9.17) is 5.73 Å². The van der Waals surface area contributed by atoms with Crippen LogP contribution in [0.5, 0.6) is 0 Å². The van der Waals surface area contributed by atoms with Gasteiger partial charge in [-0.15, -0.1) is 0 Å². The number of hydrogen-bond donors (Lipinski definition) is 2. The number of rotatable bonds is 3. The van der Waals surface area contributed by atoms with E-state index < -0.39 is 17.4 Å². The van der Waals surface area contributed by atoms with E-state index in [0.717, 1.165) is 17.3 Å². The van der Waals surface area contributed by atoms with Crippen LogP contribution in [0.15, 0.2) is 59.4 Å². The summed E-state index contributed by atoms with van der Waals surface area (Å²) in [7, 11) is 0. The summed E-state index contributed by atoms with van der Waals surface area (Å²) in [6, 6.07) is 16.0. The van der Waals surface area contributed by atoms with Crippen molar-refractivity contribution >= 4 is 29.2 Å². The van der Waals surface area contributed by atoms with Gasteiger partial charge in [0.2, 0.25) is 0 Å². The van der Waals surface area contributed by atoms with E-state index in [2.05, 4.69) is 10.2 Å². The van der Waals surface area contributed by atoms with Crippen LogP contribution in [-0.4, -0.2) is 53.4 Å². The molecule has 3 N–H and O–H groups in total. The summed E-state index contributed by atoms with van der Waals surface area (Å²) >= 11 is 0. The summed E-state index contributed by atoms with van der Waals surface area (Å²) in [5.41, 5.74) is 8.88. The molecule has 0 radical (unpaired) electrons. The molecule has 0 aliphatic carbocycles. The highest BCUT2D eigenvalue weighted by Crippen LogP contribution is 2.25. The van der Waals surface area contributed by atoms with Crippen LogP contribution in [0.1, 0.15) is 36.6 Å². The first-order chi connectivity index (χ1) is 16.3. The fraction of sp³-hybridized carbons (Fsp3) is 0.200. The summed E-state index contributed by atoms with van der Waals surface area (Å²) in [5, 5.41) is 2.16. The Morgan fingerprint density at radius 3 is 2.12 bits per heavy atom. The molecule has 1 saturated heterocycles. The van der Waals surface area contributed by atoms with E-state index in [9.17, 15) is 19.2 Å². The van der Waals surface area contributed by atoms with Gasteiger partial charge in [-0.2, -0.15) is 0 Å². The number of piperazine rings is 1. The SMILES string of the molecule is Cc1ccc(C(=O)N2CCN(c3ccc(-n4c(N)c5c(cc4=O)C(=O)NC5=O)cc3)CC2)cc1. The van der Waals surface area contributed by atoms with E-state index in [1.165, 1.54) is 4.57 Å². The van der Waals surface area contributed by atoms with E-state index in [-0.39, 0.29) is 22.9 Å². The molecule has 3 heterocycles. The lowest BCUT2D eigenvalue weighted by Crippen LogP contribution is -2.48. The van der Waals surface area contributed by atoms with Gasteiger partial charge < -0.3 is 15.5 Å². The van der Waals surface area contributed by atoms with Crippen molar-refractivity contribution in [2.75, 3.05) is 36.8 Å². The molecule has 9 heteroatoms. The Morgan fingerprint density at radius 2 is 1.47 bits per heavy atom. The second kappa shape index (κ2) is 8.18. The Bertz CT molecular complexity index is 1370. The summed E-state index contributed by atoms with van der Waals surface area (Å²) in [4.78, 5) is 53.3. The van der Waals surface area contributed by atoms with Gasteiger partial charge >= 0.3 is 0 Å². The standard InChI is InChI=1S/C25H23N5O4/c1-15-2-4-16(5-3-15)25(34)29-12-10-28(11-13-29)17-6-8-18(9-7-17)30-20(31)14-19-21(22(30)26)24(33)27-23(19)32/h2-9,14H,10-13,26H2,1H3,(H,27,32,33). The number of amides is 3. The Hall–Kier alpha value is -4.40. The molecule has 0 bridgehead atoms. The van der Waals surface area contributed by atoms with E-state index in [1.54, 1.807) is 12.1 Å². The van der Waals surface area contributed by atoms with Crippen molar-refractivity contribution in [1.82, 2.24) is 14.8 Å².